The van der Waals surface area contributed by atoms with Crippen LogP contribution >= 0.6 is 0 Å². The molecule has 0 aromatic heterocycles. The summed E-state index contributed by atoms with van der Waals surface area (Å²) in [4.78, 5) is 12.1. The highest BCUT2D eigenvalue weighted by Gasteiger charge is 2.26. The van der Waals surface area contributed by atoms with Crippen molar-refractivity contribution < 1.29 is 22.7 Å². The number of rotatable bonds is 6. The summed E-state index contributed by atoms with van der Waals surface area (Å²) in [5.74, 6) is 0.401. The molecule has 152 valence electrons. The van der Waals surface area contributed by atoms with Crippen LogP contribution in [0, 0.1) is 0 Å². The number of esters is 1. The smallest absolute Gasteiger partial charge is 0.310 e. The van der Waals surface area contributed by atoms with Crippen molar-refractivity contribution in [2.24, 2.45) is 0 Å². The molecule has 7 heteroatoms. The van der Waals surface area contributed by atoms with Crippen molar-refractivity contribution in [3.8, 4) is 5.75 Å². The van der Waals surface area contributed by atoms with E-state index in [0.29, 0.717) is 5.75 Å². The zero-order valence-corrected chi connectivity index (χ0v) is 17.6. The highest BCUT2D eigenvalue weighted by molar-refractivity contribution is 7.89. The summed E-state index contributed by atoms with van der Waals surface area (Å²) < 4.78 is 36.3. The molecule has 0 spiro atoms. The highest BCUT2D eigenvalue weighted by atomic mass is 32.2. The monoisotopic (exact) mass is 413 g/mol. The Labute approximate surface area is 170 Å². The topological polar surface area (TPSA) is 81.7 Å². The Morgan fingerprint density at radius 3 is 2.34 bits per heavy atom. The Hall–Kier alpha value is -2.90. The minimum atomic E-state index is -3.48. The maximum absolute atomic E-state index is 11.9. The zero-order valence-electron chi connectivity index (χ0n) is 16.8. The standard InChI is InChI=1S/C22H23NO5S/c1-14-19(11-15-5-8-17(9-6-15)29(25,26)23-2)18-10-7-16(27-3)12-21(18)20(14)13-22(24)28-4/h5-12,23H,13H2,1-4H3. The number of sulfonamides is 1. The lowest BCUT2D eigenvalue weighted by Gasteiger charge is -2.08. The molecule has 2 aromatic rings. The molecule has 3 rings (SSSR count). The summed E-state index contributed by atoms with van der Waals surface area (Å²) in [6.45, 7) is 1.97. The van der Waals surface area contributed by atoms with E-state index in [9.17, 15) is 13.2 Å². The number of hydrogen-bond donors (Lipinski definition) is 1. The van der Waals surface area contributed by atoms with Crippen LogP contribution in [0.5, 0.6) is 5.75 Å². The second-order valence-corrected chi connectivity index (χ2v) is 8.49. The molecule has 0 aliphatic heterocycles. The predicted molar refractivity (Wildman–Crippen MR) is 113 cm³/mol. The van der Waals surface area contributed by atoms with Gasteiger partial charge in [-0.05, 0) is 77.7 Å². The number of benzene rings is 2. The van der Waals surface area contributed by atoms with E-state index in [0.717, 1.165) is 33.4 Å². The summed E-state index contributed by atoms with van der Waals surface area (Å²) in [6, 6.07) is 12.4. The van der Waals surface area contributed by atoms with Gasteiger partial charge < -0.3 is 9.47 Å². The summed E-state index contributed by atoms with van der Waals surface area (Å²) >= 11 is 0. The number of fused-ring (bicyclic) bond motifs is 1. The number of carbonyl (C=O) groups excluding carboxylic acids is 1. The molecule has 29 heavy (non-hydrogen) atoms. The van der Waals surface area contributed by atoms with Crippen molar-refractivity contribution in [2.75, 3.05) is 21.3 Å². The van der Waals surface area contributed by atoms with Crippen LogP contribution < -0.4 is 9.46 Å². The van der Waals surface area contributed by atoms with Crippen molar-refractivity contribution in [3.63, 3.8) is 0 Å². The fourth-order valence-corrected chi connectivity index (χ4v) is 4.09. The van der Waals surface area contributed by atoms with Gasteiger partial charge in [0.05, 0.1) is 25.5 Å². The van der Waals surface area contributed by atoms with Crippen LogP contribution in [0.25, 0.3) is 17.2 Å². The molecule has 0 amide bonds. The minimum Gasteiger partial charge on any atom is -0.497 e. The van der Waals surface area contributed by atoms with Gasteiger partial charge in [0.15, 0.2) is 0 Å². The Bertz CT molecular complexity index is 1110. The van der Waals surface area contributed by atoms with E-state index in [-0.39, 0.29) is 17.3 Å². The van der Waals surface area contributed by atoms with E-state index in [4.69, 9.17) is 9.47 Å². The van der Waals surface area contributed by atoms with Gasteiger partial charge in [-0.2, -0.15) is 0 Å². The second kappa shape index (κ2) is 8.23. The van der Waals surface area contributed by atoms with Crippen LogP contribution in [0.3, 0.4) is 0 Å². The number of carbonyl (C=O) groups is 1. The molecule has 6 nitrogen and oxygen atoms in total. The highest BCUT2D eigenvalue weighted by Crippen LogP contribution is 2.45. The first-order valence-electron chi connectivity index (χ1n) is 9.01. The van der Waals surface area contributed by atoms with Gasteiger partial charge >= 0.3 is 5.97 Å². The summed E-state index contributed by atoms with van der Waals surface area (Å²) in [7, 11) is 0.875. The third kappa shape index (κ3) is 4.11. The van der Waals surface area contributed by atoms with Crippen LogP contribution in [0.1, 0.15) is 30.0 Å². The van der Waals surface area contributed by atoms with Gasteiger partial charge in [-0.1, -0.05) is 18.2 Å². The normalized spacial score (nSPS) is 14.8. The van der Waals surface area contributed by atoms with Gasteiger partial charge in [-0.3, -0.25) is 4.79 Å². The molecule has 0 bridgehead atoms. The van der Waals surface area contributed by atoms with Crippen molar-refractivity contribution in [2.45, 2.75) is 18.2 Å². The molecule has 1 aliphatic rings. The Morgan fingerprint density at radius 2 is 1.76 bits per heavy atom. The third-order valence-electron chi connectivity index (χ3n) is 5.02. The van der Waals surface area contributed by atoms with Gasteiger partial charge in [0.2, 0.25) is 10.0 Å². The zero-order chi connectivity index (χ0) is 21.2. The van der Waals surface area contributed by atoms with Crippen LogP contribution in [-0.4, -0.2) is 35.7 Å². The van der Waals surface area contributed by atoms with Crippen molar-refractivity contribution in [1.29, 1.82) is 0 Å². The van der Waals surface area contributed by atoms with Gasteiger partial charge in [-0.15, -0.1) is 0 Å². The number of ether oxygens (including phenoxy) is 2. The maximum atomic E-state index is 11.9. The van der Waals surface area contributed by atoms with Crippen LogP contribution in [0.4, 0.5) is 0 Å². The third-order valence-corrected chi connectivity index (χ3v) is 6.45. The number of methoxy groups -OCH3 is 2. The van der Waals surface area contributed by atoms with Crippen LogP contribution in [-0.2, 0) is 19.6 Å². The van der Waals surface area contributed by atoms with E-state index in [1.807, 2.05) is 31.2 Å². The first-order valence-corrected chi connectivity index (χ1v) is 10.5. The molecule has 1 aliphatic carbocycles. The molecule has 1 N–H and O–H groups in total. The molecule has 0 unspecified atom stereocenters. The molecule has 0 atom stereocenters. The molecule has 0 heterocycles. The number of hydrogen-bond acceptors (Lipinski definition) is 5. The fraction of sp³-hybridized carbons (Fsp3) is 0.227. The van der Waals surface area contributed by atoms with Gasteiger partial charge in [0.1, 0.15) is 5.75 Å². The van der Waals surface area contributed by atoms with Gasteiger partial charge in [-0.25, -0.2) is 13.1 Å². The molecule has 2 aromatic carbocycles. The first kappa shape index (κ1) is 20.8. The first-order chi connectivity index (χ1) is 13.8. The lowest BCUT2D eigenvalue weighted by atomic mass is 10.0. The maximum Gasteiger partial charge on any atom is 0.310 e. The Balaban J connectivity index is 2.08. The SMILES string of the molecule is CNS(=O)(=O)c1ccc(C=C2C(C)=C(CC(=O)OC)c3cc(OC)ccc32)cc1. The Kier molecular flexibility index (Phi) is 5.91. The van der Waals surface area contributed by atoms with Crippen molar-refractivity contribution in [3.05, 3.63) is 64.7 Å². The largest absolute Gasteiger partial charge is 0.497 e. The van der Waals surface area contributed by atoms with Gasteiger partial charge in [0.25, 0.3) is 0 Å². The average Bonchev–Trinajstić information content (AvgIpc) is 2.99. The Morgan fingerprint density at radius 1 is 1.07 bits per heavy atom. The van der Waals surface area contributed by atoms with Crippen LogP contribution in [0.2, 0.25) is 0 Å². The van der Waals surface area contributed by atoms with Crippen molar-refractivity contribution >= 4 is 33.2 Å². The van der Waals surface area contributed by atoms with E-state index in [1.165, 1.54) is 14.2 Å². The van der Waals surface area contributed by atoms with E-state index in [1.54, 1.807) is 31.4 Å². The average molecular weight is 413 g/mol. The molecule has 0 saturated heterocycles. The van der Waals surface area contributed by atoms with E-state index >= 15 is 0 Å². The predicted octanol–water partition coefficient (Wildman–Crippen LogP) is 3.49. The molecule has 0 radical (unpaired) electrons. The summed E-state index contributed by atoms with van der Waals surface area (Å²) in [5.41, 5.74) is 5.64. The van der Waals surface area contributed by atoms with Gasteiger partial charge in [0, 0.05) is 0 Å². The van der Waals surface area contributed by atoms with E-state index < -0.39 is 10.0 Å². The number of nitrogens with one attached hydrogen (secondary N) is 1. The molecular formula is C22H23NO5S. The number of allylic oxidation sites excluding steroid dienone is 2. The van der Waals surface area contributed by atoms with Crippen LogP contribution in [0.15, 0.2) is 52.9 Å². The summed E-state index contributed by atoms with van der Waals surface area (Å²) in [5, 5.41) is 0. The quantitative estimate of drug-likeness (QED) is 0.733. The second-order valence-electron chi connectivity index (χ2n) is 6.60. The van der Waals surface area contributed by atoms with Crippen molar-refractivity contribution in [1.82, 2.24) is 4.72 Å². The lowest BCUT2D eigenvalue weighted by molar-refractivity contribution is -0.139. The molecule has 0 saturated carbocycles. The minimum absolute atomic E-state index is 0.166. The molecular weight excluding hydrogens is 390 g/mol. The van der Waals surface area contributed by atoms with E-state index in [2.05, 4.69) is 4.72 Å². The summed E-state index contributed by atoms with van der Waals surface area (Å²) in [6.07, 6.45) is 2.15. The lowest BCUT2D eigenvalue weighted by Crippen LogP contribution is -2.18. The fourth-order valence-electron chi connectivity index (χ4n) is 3.36. The molecule has 0 fully saturated rings.